The zero-order valence-corrected chi connectivity index (χ0v) is 31.3. The molecule has 0 rings (SSSR count). The monoisotopic (exact) mass is 659 g/mol. The van der Waals surface area contributed by atoms with Crippen molar-refractivity contribution in [3.8, 4) is 0 Å². The number of esters is 1. The number of hydrogen-bond acceptors (Lipinski definition) is 3. The van der Waals surface area contributed by atoms with Gasteiger partial charge in [-0.2, -0.15) is 0 Å². The summed E-state index contributed by atoms with van der Waals surface area (Å²) in [5.74, 6) is -0.722. The number of carbonyl (C=O) groups excluding carboxylic acids is 1. The Morgan fingerprint density at radius 1 is 0.468 bits per heavy atom. The highest BCUT2D eigenvalue weighted by atomic mass is 16.5. The summed E-state index contributed by atoms with van der Waals surface area (Å²) in [5, 5.41) is 8.83. The fourth-order valence-corrected chi connectivity index (χ4v) is 6.02. The first-order chi connectivity index (χ1) is 23.1. The largest absolute Gasteiger partial charge is 0.481 e. The lowest BCUT2D eigenvalue weighted by atomic mass is 10.0. The summed E-state index contributed by atoms with van der Waals surface area (Å²) in [7, 11) is 0. The average molecular weight is 659 g/mol. The fourth-order valence-electron chi connectivity index (χ4n) is 6.02. The third-order valence-electron chi connectivity index (χ3n) is 9.08. The molecule has 0 aromatic carbocycles. The van der Waals surface area contributed by atoms with Crippen molar-refractivity contribution in [3.63, 3.8) is 0 Å². The first-order valence-electron chi connectivity index (χ1n) is 20.5. The smallest absolute Gasteiger partial charge is 0.306 e. The minimum atomic E-state index is -0.704. The zero-order chi connectivity index (χ0) is 34.3. The number of carboxylic acids is 1. The van der Waals surface area contributed by atoms with E-state index in [0.29, 0.717) is 6.42 Å². The lowest BCUT2D eigenvalue weighted by Crippen LogP contribution is -2.18. The molecule has 0 radical (unpaired) electrons. The van der Waals surface area contributed by atoms with Crippen molar-refractivity contribution in [1.29, 1.82) is 0 Å². The van der Waals surface area contributed by atoms with Gasteiger partial charge in [0.1, 0.15) is 6.10 Å². The molecule has 0 saturated heterocycles. The number of hydrogen-bond donors (Lipinski definition) is 1. The summed E-state index contributed by atoms with van der Waals surface area (Å²) in [5.41, 5.74) is 0. The number of aliphatic carboxylic acids is 1. The van der Waals surface area contributed by atoms with Crippen LogP contribution in [0.25, 0.3) is 0 Å². The first kappa shape index (κ1) is 45.2. The van der Waals surface area contributed by atoms with Crippen LogP contribution in [0.2, 0.25) is 0 Å². The topological polar surface area (TPSA) is 63.6 Å². The Morgan fingerprint density at radius 3 is 1.36 bits per heavy atom. The van der Waals surface area contributed by atoms with Gasteiger partial charge in [-0.15, -0.1) is 0 Å². The molecule has 1 N–H and O–H groups in total. The number of ether oxygens (including phenoxy) is 1. The van der Waals surface area contributed by atoms with Crippen LogP contribution in [0.4, 0.5) is 0 Å². The number of rotatable bonds is 37. The van der Waals surface area contributed by atoms with Crippen LogP contribution < -0.4 is 0 Å². The second kappa shape index (κ2) is 38.6. The van der Waals surface area contributed by atoms with E-state index >= 15 is 0 Å². The van der Waals surface area contributed by atoms with Gasteiger partial charge in [-0.1, -0.05) is 153 Å². The molecule has 1 unspecified atom stereocenters. The molecule has 0 aromatic rings. The lowest BCUT2D eigenvalue weighted by Gasteiger charge is -2.18. The van der Waals surface area contributed by atoms with Crippen LogP contribution >= 0.6 is 0 Å². The molecule has 0 bridgehead atoms. The highest BCUT2D eigenvalue weighted by Gasteiger charge is 2.14. The van der Waals surface area contributed by atoms with E-state index in [1.807, 2.05) is 0 Å². The lowest BCUT2D eigenvalue weighted by molar-refractivity contribution is -0.150. The van der Waals surface area contributed by atoms with Crippen LogP contribution in [0.5, 0.6) is 0 Å². The molecule has 0 saturated carbocycles. The molecular formula is C43H78O4. The Bertz CT molecular complexity index is 753. The third kappa shape index (κ3) is 38.5. The minimum absolute atomic E-state index is 0.0183. The summed E-state index contributed by atoms with van der Waals surface area (Å²) in [6.07, 6.45) is 50.2. The molecule has 1 atom stereocenters. The van der Waals surface area contributed by atoms with Crippen molar-refractivity contribution >= 4 is 11.9 Å². The van der Waals surface area contributed by atoms with E-state index in [1.54, 1.807) is 0 Å². The predicted octanol–water partition coefficient (Wildman–Crippen LogP) is 14.2. The van der Waals surface area contributed by atoms with Gasteiger partial charge in [0, 0.05) is 12.8 Å². The molecular weight excluding hydrogens is 580 g/mol. The Hall–Kier alpha value is -1.84. The normalized spacial score (nSPS) is 12.6. The molecule has 0 aromatic heterocycles. The van der Waals surface area contributed by atoms with Gasteiger partial charge in [0.15, 0.2) is 0 Å². The average Bonchev–Trinajstić information content (AvgIpc) is 3.05. The van der Waals surface area contributed by atoms with Crippen LogP contribution in [0, 0.1) is 0 Å². The standard InChI is InChI=1S/C43H78O4/c1-3-5-7-9-11-13-15-17-19-20-22-24-26-29-33-37-41(38-34-30-28-31-35-39-42(44)45)47-43(46)40-36-32-27-25-23-21-18-16-14-12-10-8-6-4-2/h10,12,16,18,20,22,41H,3-9,11,13-15,17,19,21,23-40H2,1-2H3,(H,44,45)/b12-10-,18-16-,22-20-. The Morgan fingerprint density at radius 2 is 0.851 bits per heavy atom. The van der Waals surface area contributed by atoms with Crippen molar-refractivity contribution in [1.82, 2.24) is 0 Å². The van der Waals surface area contributed by atoms with E-state index < -0.39 is 5.97 Å². The Labute approximate surface area is 292 Å². The number of carboxylic acid groups (broad SMARTS) is 1. The molecule has 0 spiro atoms. The quantitative estimate of drug-likeness (QED) is 0.0410. The maximum absolute atomic E-state index is 12.7. The SMILES string of the molecule is CCCC/C=C\C/C=C\CCCCCCCC(=O)OC(CCCCC/C=C\CCCCCCCCCC)CCCCCCCC(=O)O. The highest BCUT2D eigenvalue weighted by molar-refractivity contribution is 5.69. The van der Waals surface area contributed by atoms with Crippen molar-refractivity contribution < 1.29 is 19.4 Å². The fraction of sp³-hybridized carbons (Fsp3) is 0.814. The van der Waals surface area contributed by atoms with E-state index in [0.717, 1.165) is 83.5 Å². The molecule has 0 aliphatic heterocycles. The summed E-state index contributed by atoms with van der Waals surface area (Å²) >= 11 is 0. The van der Waals surface area contributed by atoms with Gasteiger partial charge in [-0.05, 0) is 89.9 Å². The summed E-state index contributed by atoms with van der Waals surface area (Å²) in [4.78, 5) is 23.4. The second-order valence-corrected chi connectivity index (χ2v) is 13.8. The van der Waals surface area contributed by atoms with Gasteiger partial charge < -0.3 is 9.84 Å². The van der Waals surface area contributed by atoms with Crippen molar-refractivity contribution in [2.75, 3.05) is 0 Å². The van der Waals surface area contributed by atoms with Crippen LogP contribution in [-0.4, -0.2) is 23.1 Å². The van der Waals surface area contributed by atoms with Gasteiger partial charge in [-0.25, -0.2) is 0 Å². The van der Waals surface area contributed by atoms with E-state index in [9.17, 15) is 9.59 Å². The van der Waals surface area contributed by atoms with Crippen LogP contribution in [-0.2, 0) is 14.3 Å². The zero-order valence-electron chi connectivity index (χ0n) is 31.3. The minimum Gasteiger partial charge on any atom is -0.481 e. The number of allylic oxidation sites excluding steroid dienone is 6. The molecule has 0 aliphatic rings. The Balaban J connectivity index is 4.10. The van der Waals surface area contributed by atoms with Gasteiger partial charge in [0.05, 0.1) is 0 Å². The van der Waals surface area contributed by atoms with Crippen molar-refractivity contribution in [3.05, 3.63) is 36.5 Å². The summed E-state index contributed by atoms with van der Waals surface area (Å²) in [6, 6.07) is 0. The van der Waals surface area contributed by atoms with Crippen LogP contribution in [0.1, 0.15) is 219 Å². The summed E-state index contributed by atoms with van der Waals surface area (Å²) in [6.45, 7) is 4.51. The van der Waals surface area contributed by atoms with E-state index in [4.69, 9.17) is 9.84 Å². The third-order valence-corrected chi connectivity index (χ3v) is 9.08. The molecule has 47 heavy (non-hydrogen) atoms. The number of carbonyl (C=O) groups is 2. The van der Waals surface area contributed by atoms with Crippen LogP contribution in [0.15, 0.2) is 36.5 Å². The molecule has 4 heteroatoms. The highest BCUT2D eigenvalue weighted by Crippen LogP contribution is 2.18. The van der Waals surface area contributed by atoms with Crippen molar-refractivity contribution in [2.24, 2.45) is 0 Å². The maximum Gasteiger partial charge on any atom is 0.306 e. The first-order valence-corrected chi connectivity index (χ1v) is 20.5. The van der Waals surface area contributed by atoms with Gasteiger partial charge >= 0.3 is 11.9 Å². The van der Waals surface area contributed by atoms with Crippen LogP contribution in [0.3, 0.4) is 0 Å². The van der Waals surface area contributed by atoms with E-state index in [2.05, 4.69) is 50.3 Å². The molecule has 4 nitrogen and oxygen atoms in total. The molecule has 0 fully saturated rings. The summed E-state index contributed by atoms with van der Waals surface area (Å²) < 4.78 is 6.00. The van der Waals surface area contributed by atoms with E-state index in [-0.39, 0.29) is 18.5 Å². The van der Waals surface area contributed by atoms with Crippen molar-refractivity contribution in [2.45, 2.75) is 225 Å². The molecule has 274 valence electrons. The molecule has 0 heterocycles. The number of unbranched alkanes of at least 4 members (excludes halogenated alkanes) is 22. The molecule has 0 amide bonds. The maximum atomic E-state index is 12.7. The van der Waals surface area contributed by atoms with Gasteiger partial charge in [-0.3, -0.25) is 9.59 Å². The predicted molar refractivity (Wildman–Crippen MR) is 204 cm³/mol. The molecule has 0 aliphatic carbocycles. The second-order valence-electron chi connectivity index (χ2n) is 13.8. The van der Waals surface area contributed by atoms with E-state index in [1.165, 1.54) is 109 Å². The van der Waals surface area contributed by atoms with Gasteiger partial charge in [0.25, 0.3) is 0 Å². The van der Waals surface area contributed by atoms with Gasteiger partial charge in [0.2, 0.25) is 0 Å². The Kier molecular flexibility index (Phi) is 37.1.